The van der Waals surface area contributed by atoms with Crippen LogP contribution in [0.25, 0.3) is 0 Å². The van der Waals surface area contributed by atoms with Crippen LogP contribution in [0.1, 0.15) is 13.8 Å². The average molecular weight is 162 g/mol. The number of hydrogen-bond acceptors (Lipinski definition) is 2. The van der Waals surface area contributed by atoms with Gasteiger partial charge in [0.15, 0.2) is 0 Å². The Kier molecular flexibility index (Phi) is 16.0. The second kappa shape index (κ2) is 8.02. The molecule has 0 amide bonds. The van der Waals surface area contributed by atoms with Crippen LogP contribution in [0.2, 0.25) is 0 Å². The summed E-state index contributed by atoms with van der Waals surface area (Å²) in [6.07, 6.45) is 0. The normalized spacial score (nSPS) is 6.88. The minimum Gasteiger partial charge on any atom is -1.00 e. The number of halogens is 1. The van der Waals surface area contributed by atoms with Crippen molar-refractivity contribution in [3.8, 4) is 0 Å². The molecule has 0 atom stereocenters. The molecule has 0 aliphatic carbocycles. The van der Waals surface area contributed by atoms with Gasteiger partial charge < -0.3 is 22.9 Å². The first kappa shape index (κ1) is 16.0. The quantitative estimate of drug-likeness (QED) is 0.243. The van der Waals surface area contributed by atoms with Crippen molar-refractivity contribution < 1.29 is 17.5 Å². The Morgan fingerprint density at radius 1 is 1.50 bits per heavy atom. The van der Waals surface area contributed by atoms with Crippen molar-refractivity contribution in [1.29, 1.82) is 5.41 Å². The van der Waals surface area contributed by atoms with Crippen molar-refractivity contribution >= 4 is 43.6 Å². The van der Waals surface area contributed by atoms with Gasteiger partial charge in [-0.3, -0.25) is 0 Å². The van der Waals surface area contributed by atoms with E-state index in [4.69, 9.17) is 5.41 Å². The average Bonchev–Trinajstić information content (AvgIpc) is 1.36. The molecular weight excluding hydrogens is 154 g/mol. The van der Waals surface area contributed by atoms with Gasteiger partial charge in [-0.05, 0) is 11.8 Å². The van der Waals surface area contributed by atoms with Crippen molar-refractivity contribution in [2.75, 3.05) is 0 Å². The largest absolute Gasteiger partial charge is 2.00 e. The molecule has 8 heavy (non-hydrogen) atoms. The van der Waals surface area contributed by atoms with Crippen molar-refractivity contribution in [3.63, 3.8) is 0 Å². The van der Waals surface area contributed by atoms with Gasteiger partial charge in [0.05, 0.1) is 0 Å². The number of nitrogens with one attached hydrogen (secondary N) is 1. The third-order valence-electron chi connectivity index (χ3n) is 0.524. The van der Waals surface area contributed by atoms with Crippen LogP contribution in [-0.2, 0) is 0 Å². The van der Waals surface area contributed by atoms with Gasteiger partial charge in [0, 0.05) is 0 Å². The standard InChI is InChI=1S/C4H9NO.Ca.ClH/c1-3(2)4(5)6;;/h3H,1-2H3,(H2,5,6);;1H/q;+2;/p-2. The van der Waals surface area contributed by atoms with Crippen LogP contribution in [-0.4, -0.2) is 43.6 Å². The molecule has 0 saturated heterocycles. The first-order valence-electron chi connectivity index (χ1n) is 1.90. The van der Waals surface area contributed by atoms with Gasteiger partial charge >= 0.3 is 37.7 Å². The summed E-state index contributed by atoms with van der Waals surface area (Å²) in [7, 11) is 0. The van der Waals surface area contributed by atoms with Crippen LogP contribution < -0.4 is 17.5 Å². The fourth-order valence-corrected chi connectivity index (χ4v) is 0. The van der Waals surface area contributed by atoms with Gasteiger partial charge in [-0.15, -0.1) is 0 Å². The summed E-state index contributed by atoms with van der Waals surface area (Å²) in [5.41, 5.74) is 0. The van der Waals surface area contributed by atoms with E-state index in [2.05, 4.69) is 0 Å². The molecule has 0 aromatic heterocycles. The first-order valence-corrected chi connectivity index (χ1v) is 1.90. The molecule has 0 fully saturated rings. The van der Waals surface area contributed by atoms with Crippen LogP contribution >= 0.6 is 0 Å². The van der Waals surface area contributed by atoms with E-state index >= 15 is 0 Å². The molecule has 0 spiro atoms. The first-order chi connectivity index (χ1) is 2.64. The van der Waals surface area contributed by atoms with Crippen molar-refractivity contribution in [2.24, 2.45) is 5.92 Å². The Hall–Kier alpha value is 1.02. The molecule has 0 rings (SSSR count). The molecule has 0 saturated carbocycles. The maximum atomic E-state index is 9.81. The van der Waals surface area contributed by atoms with E-state index in [0.29, 0.717) is 0 Å². The minimum atomic E-state index is -0.491. The summed E-state index contributed by atoms with van der Waals surface area (Å²) < 4.78 is 0. The summed E-state index contributed by atoms with van der Waals surface area (Å²) >= 11 is 0. The van der Waals surface area contributed by atoms with E-state index in [0.717, 1.165) is 0 Å². The predicted molar refractivity (Wildman–Crippen MR) is 28.3 cm³/mol. The summed E-state index contributed by atoms with van der Waals surface area (Å²) in [5.74, 6) is -0.611. The van der Waals surface area contributed by atoms with Gasteiger partial charge in [-0.1, -0.05) is 13.8 Å². The van der Waals surface area contributed by atoms with Crippen LogP contribution in [0.15, 0.2) is 0 Å². The Morgan fingerprint density at radius 3 is 1.62 bits per heavy atom. The van der Waals surface area contributed by atoms with Gasteiger partial charge in [-0.25, -0.2) is 0 Å². The van der Waals surface area contributed by atoms with Crippen LogP contribution in [0, 0.1) is 11.3 Å². The predicted octanol–water partition coefficient (Wildman–Crippen LogP) is -3.40. The minimum absolute atomic E-state index is 0. The Bertz CT molecular complexity index is 67.1. The van der Waals surface area contributed by atoms with E-state index in [1.165, 1.54) is 0 Å². The third-order valence-corrected chi connectivity index (χ3v) is 0.524. The van der Waals surface area contributed by atoms with E-state index in [1.54, 1.807) is 13.8 Å². The van der Waals surface area contributed by atoms with Crippen molar-refractivity contribution in [1.82, 2.24) is 0 Å². The van der Waals surface area contributed by atoms with Gasteiger partial charge in [-0.2, -0.15) is 0 Å². The monoisotopic (exact) mass is 161 g/mol. The third kappa shape index (κ3) is 10.1. The Morgan fingerprint density at radius 2 is 1.62 bits per heavy atom. The molecule has 0 aliphatic rings. The molecular formula is C4H8CaClNO. The summed E-state index contributed by atoms with van der Waals surface area (Å²) in [6, 6.07) is 0. The van der Waals surface area contributed by atoms with E-state index in [-0.39, 0.29) is 56.1 Å². The second-order valence-corrected chi connectivity index (χ2v) is 1.52. The smallest absolute Gasteiger partial charge is 1.00 e. The zero-order valence-electron chi connectivity index (χ0n) is 5.07. The molecule has 0 aromatic carbocycles. The molecule has 2 nitrogen and oxygen atoms in total. The molecule has 0 heterocycles. The molecule has 0 unspecified atom stereocenters. The summed E-state index contributed by atoms with van der Waals surface area (Å²) in [6.45, 7) is 3.41. The molecule has 0 radical (unpaired) electrons. The molecule has 44 valence electrons. The topological polar surface area (TPSA) is 46.9 Å². The molecule has 1 N–H and O–H groups in total. The van der Waals surface area contributed by atoms with Crippen LogP contribution in [0.4, 0.5) is 0 Å². The zero-order valence-corrected chi connectivity index (χ0v) is 8.03. The summed E-state index contributed by atoms with van der Waals surface area (Å²) in [4.78, 5) is 0. The fraction of sp³-hybridized carbons (Fsp3) is 0.750. The number of rotatable bonds is 1. The zero-order chi connectivity index (χ0) is 5.15. The van der Waals surface area contributed by atoms with E-state index < -0.39 is 5.90 Å². The maximum Gasteiger partial charge on any atom is 2.00 e. The molecule has 4 heteroatoms. The fourth-order valence-electron chi connectivity index (χ4n) is 0. The van der Waals surface area contributed by atoms with Gasteiger partial charge in [0.1, 0.15) is 0 Å². The molecule has 0 aliphatic heterocycles. The Labute approximate surface area is 85.6 Å². The van der Waals surface area contributed by atoms with Crippen molar-refractivity contribution in [3.05, 3.63) is 0 Å². The van der Waals surface area contributed by atoms with Crippen molar-refractivity contribution in [2.45, 2.75) is 13.8 Å². The summed E-state index contributed by atoms with van der Waals surface area (Å²) in [5, 5.41) is 16.2. The molecule has 0 bridgehead atoms. The SMILES string of the molecule is CC(C)C(=N)[O-].[Ca+2].[Cl-]. The van der Waals surface area contributed by atoms with Crippen LogP contribution in [0.3, 0.4) is 0 Å². The van der Waals surface area contributed by atoms with Crippen LogP contribution in [0.5, 0.6) is 0 Å². The van der Waals surface area contributed by atoms with Gasteiger partial charge in [0.2, 0.25) is 0 Å². The van der Waals surface area contributed by atoms with Gasteiger partial charge in [0.25, 0.3) is 0 Å². The van der Waals surface area contributed by atoms with E-state index in [9.17, 15) is 5.11 Å². The van der Waals surface area contributed by atoms with E-state index in [1.807, 2.05) is 0 Å². The maximum absolute atomic E-state index is 9.81. The molecule has 0 aromatic rings. The second-order valence-electron chi connectivity index (χ2n) is 1.52. The Balaban J connectivity index is -0.000000125. The number of hydrogen-bond donors (Lipinski definition) is 1.